The van der Waals surface area contributed by atoms with E-state index in [-0.39, 0.29) is 37.6 Å². The van der Waals surface area contributed by atoms with Gasteiger partial charge in [-0.1, -0.05) is 0 Å². The van der Waals surface area contributed by atoms with Crippen LogP contribution in [0, 0.1) is 0 Å². The van der Waals surface area contributed by atoms with Crippen molar-refractivity contribution in [3.63, 3.8) is 0 Å². The van der Waals surface area contributed by atoms with E-state index < -0.39 is 6.10 Å². The molecule has 2 N–H and O–H groups in total. The summed E-state index contributed by atoms with van der Waals surface area (Å²) < 4.78 is 21.4. The Hall–Kier alpha value is -1.83. The molecule has 0 aliphatic carbocycles. The predicted octanol–water partition coefficient (Wildman–Crippen LogP) is -0.328. The first-order valence-electron chi connectivity index (χ1n) is 6.84. The van der Waals surface area contributed by atoms with Crippen molar-refractivity contribution in [1.82, 2.24) is 5.32 Å². The van der Waals surface area contributed by atoms with Gasteiger partial charge in [0, 0.05) is 5.56 Å². The number of aliphatic hydroxyl groups is 1. The molecular weight excluding hydrogens is 278 g/mol. The van der Waals surface area contributed by atoms with Gasteiger partial charge in [-0.25, -0.2) is 0 Å². The minimum absolute atomic E-state index is 0.173. The zero-order valence-electron chi connectivity index (χ0n) is 11.2. The Morgan fingerprint density at radius 1 is 1.14 bits per heavy atom. The summed E-state index contributed by atoms with van der Waals surface area (Å²) in [6, 6.07) is 4.78. The minimum atomic E-state index is -0.623. The first kappa shape index (κ1) is 12.9. The number of hydrogen-bond acceptors (Lipinski definition) is 6. The lowest BCUT2D eigenvalue weighted by atomic mass is 10.1. The zero-order valence-corrected chi connectivity index (χ0v) is 11.2. The van der Waals surface area contributed by atoms with Crippen molar-refractivity contribution in [3.8, 4) is 11.5 Å². The third-order valence-corrected chi connectivity index (χ3v) is 3.98. The summed E-state index contributed by atoms with van der Waals surface area (Å²) in [4.78, 5) is 12.3. The monoisotopic (exact) mass is 293 g/mol. The maximum Gasteiger partial charge on any atom is 0.251 e. The molecule has 21 heavy (non-hydrogen) atoms. The summed E-state index contributed by atoms with van der Waals surface area (Å²) in [5, 5.41) is 12.6. The van der Waals surface area contributed by atoms with Gasteiger partial charge >= 0.3 is 0 Å². The molecule has 3 aliphatic rings. The van der Waals surface area contributed by atoms with Crippen LogP contribution in [0.3, 0.4) is 0 Å². The number of aliphatic hydroxyl groups excluding tert-OH is 1. The van der Waals surface area contributed by atoms with E-state index >= 15 is 0 Å². The fourth-order valence-corrected chi connectivity index (χ4v) is 2.89. The lowest BCUT2D eigenvalue weighted by Gasteiger charge is -2.17. The van der Waals surface area contributed by atoms with Crippen molar-refractivity contribution < 1.29 is 28.8 Å². The molecule has 112 valence electrons. The molecule has 7 heteroatoms. The highest BCUT2D eigenvalue weighted by atomic mass is 16.7. The van der Waals surface area contributed by atoms with Gasteiger partial charge in [0.1, 0.15) is 18.3 Å². The lowest BCUT2D eigenvalue weighted by Crippen LogP contribution is -2.44. The van der Waals surface area contributed by atoms with Crippen LogP contribution in [0.4, 0.5) is 0 Å². The van der Waals surface area contributed by atoms with Crippen LogP contribution < -0.4 is 14.8 Å². The smallest absolute Gasteiger partial charge is 0.251 e. The van der Waals surface area contributed by atoms with E-state index in [0.29, 0.717) is 23.7 Å². The standard InChI is InChI=1S/C14H15NO6/c16-9-5-19-12-8(4-18-13(9)12)15-14(17)7-1-2-10-11(3-7)21-6-20-10/h1-3,8-9,12-13,16H,4-6H2,(H,15,17)/t8-,9+,12+,13+/m0/s1. The summed E-state index contributed by atoms with van der Waals surface area (Å²) in [7, 11) is 0. The number of carbonyl (C=O) groups excluding carboxylic acids is 1. The number of carbonyl (C=O) groups is 1. The van der Waals surface area contributed by atoms with E-state index in [9.17, 15) is 9.90 Å². The fraction of sp³-hybridized carbons (Fsp3) is 0.500. The molecule has 3 heterocycles. The van der Waals surface area contributed by atoms with Crippen molar-refractivity contribution in [3.05, 3.63) is 23.8 Å². The molecule has 1 aromatic carbocycles. The second-order valence-electron chi connectivity index (χ2n) is 5.31. The number of amides is 1. The topological polar surface area (TPSA) is 86.3 Å². The van der Waals surface area contributed by atoms with Gasteiger partial charge in [-0.2, -0.15) is 0 Å². The Labute approximate surface area is 120 Å². The predicted molar refractivity (Wildman–Crippen MR) is 69.3 cm³/mol. The second-order valence-corrected chi connectivity index (χ2v) is 5.31. The largest absolute Gasteiger partial charge is 0.454 e. The zero-order chi connectivity index (χ0) is 14.4. The Kier molecular flexibility index (Phi) is 2.99. The summed E-state index contributed by atoms with van der Waals surface area (Å²) >= 11 is 0. The van der Waals surface area contributed by atoms with Gasteiger partial charge < -0.3 is 29.4 Å². The highest BCUT2D eigenvalue weighted by Crippen LogP contribution is 2.33. The van der Waals surface area contributed by atoms with Gasteiger partial charge in [0.2, 0.25) is 6.79 Å². The van der Waals surface area contributed by atoms with E-state index in [0.717, 1.165) is 0 Å². The molecule has 7 nitrogen and oxygen atoms in total. The molecule has 2 saturated heterocycles. The second kappa shape index (κ2) is 4.87. The third-order valence-electron chi connectivity index (χ3n) is 3.98. The van der Waals surface area contributed by atoms with E-state index in [1.807, 2.05) is 0 Å². The molecule has 0 radical (unpaired) electrons. The van der Waals surface area contributed by atoms with Gasteiger partial charge in [-0.15, -0.1) is 0 Å². The average molecular weight is 293 g/mol. The van der Waals surface area contributed by atoms with E-state index in [2.05, 4.69) is 5.32 Å². The Morgan fingerprint density at radius 2 is 1.95 bits per heavy atom. The van der Waals surface area contributed by atoms with Crippen LogP contribution in [0.2, 0.25) is 0 Å². The first-order chi connectivity index (χ1) is 10.2. The Bertz CT molecular complexity index is 577. The fourth-order valence-electron chi connectivity index (χ4n) is 2.89. The van der Waals surface area contributed by atoms with Crippen molar-refractivity contribution in [1.29, 1.82) is 0 Å². The molecule has 0 unspecified atom stereocenters. The van der Waals surface area contributed by atoms with Gasteiger partial charge in [0.25, 0.3) is 5.91 Å². The summed E-state index contributed by atoms with van der Waals surface area (Å²) in [5.41, 5.74) is 0.487. The number of rotatable bonds is 2. The quantitative estimate of drug-likeness (QED) is 0.777. The number of hydrogen-bond donors (Lipinski definition) is 2. The van der Waals surface area contributed by atoms with E-state index in [4.69, 9.17) is 18.9 Å². The van der Waals surface area contributed by atoms with Crippen LogP contribution in [0.15, 0.2) is 18.2 Å². The molecule has 4 atom stereocenters. The molecule has 4 rings (SSSR count). The van der Waals surface area contributed by atoms with E-state index in [1.165, 1.54) is 0 Å². The number of fused-ring (bicyclic) bond motifs is 2. The number of ether oxygens (including phenoxy) is 4. The Morgan fingerprint density at radius 3 is 2.86 bits per heavy atom. The van der Waals surface area contributed by atoms with E-state index in [1.54, 1.807) is 18.2 Å². The first-order valence-corrected chi connectivity index (χ1v) is 6.84. The molecule has 1 amide bonds. The van der Waals surface area contributed by atoms with Crippen LogP contribution in [-0.4, -0.2) is 55.4 Å². The van der Waals surface area contributed by atoms with Crippen molar-refractivity contribution in [2.75, 3.05) is 20.0 Å². The molecule has 0 bridgehead atoms. The highest BCUT2D eigenvalue weighted by molar-refractivity contribution is 5.95. The van der Waals surface area contributed by atoms with Gasteiger partial charge in [-0.3, -0.25) is 4.79 Å². The van der Waals surface area contributed by atoms with Crippen LogP contribution in [0.5, 0.6) is 11.5 Å². The molecule has 1 aromatic rings. The number of nitrogens with one attached hydrogen (secondary N) is 1. The molecule has 0 spiro atoms. The van der Waals surface area contributed by atoms with Crippen LogP contribution in [0.1, 0.15) is 10.4 Å². The van der Waals surface area contributed by atoms with Gasteiger partial charge in [-0.05, 0) is 18.2 Å². The number of benzene rings is 1. The molecule has 0 aromatic heterocycles. The van der Waals surface area contributed by atoms with Crippen LogP contribution in [0.25, 0.3) is 0 Å². The maximum atomic E-state index is 12.3. The van der Waals surface area contributed by atoms with Crippen LogP contribution >= 0.6 is 0 Å². The molecule has 0 saturated carbocycles. The molecular formula is C14H15NO6. The van der Waals surface area contributed by atoms with Crippen LogP contribution in [-0.2, 0) is 9.47 Å². The highest BCUT2D eigenvalue weighted by Gasteiger charge is 2.47. The summed E-state index contributed by atoms with van der Waals surface area (Å²) in [5.74, 6) is 0.973. The molecule has 2 fully saturated rings. The Balaban J connectivity index is 1.46. The average Bonchev–Trinajstić information content (AvgIpc) is 3.17. The summed E-state index contributed by atoms with van der Waals surface area (Å²) in [6.45, 7) is 0.751. The normalized spacial score (nSPS) is 33.0. The maximum absolute atomic E-state index is 12.3. The summed E-state index contributed by atoms with van der Waals surface area (Å²) in [6.07, 6.45) is -1.27. The van der Waals surface area contributed by atoms with Crippen molar-refractivity contribution >= 4 is 5.91 Å². The minimum Gasteiger partial charge on any atom is -0.454 e. The van der Waals surface area contributed by atoms with Crippen molar-refractivity contribution in [2.24, 2.45) is 0 Å². The van der Waals surface area contributed by atoms with Crippen molar-refractivity contribution in [2.45, 2.75) is 24.4 Å². The molecule has 3 aliphatic heterocycles. The van der Waals surface area contributed by atoms with Gasteiger partial charge in [0.05, 0.1) is 19.3 Å². The van der Waals surface area contributed by atoms with Gasteiger partial charge in [0.15, 0.2) is 11.5 Å². The SMILES string of the molecule is O=C(N[C@H]1CO[C@H]2[C@@H]1OC[C@H]2O)c1ccc2c(c1)OCO2. The third kappa shape index (κ3) is 2.14. The lowest BCUT2D eigenvalue weighted by molar-refractivity contribution is 0.0178.